The highest BCUT2D eigenvalue weighted by Gasteiger charge is 2.46. The summed E-state index contributed by atoms with van der Waals surface area (Å²) in [7, 11) is 1.47. The molecular formula is C24H19ClN2O4. The predicted octanol–water partition coefficient (Wildman–Crippen LogP) is 4.37. The van der Waals surface area contributed by atoms with Gasteiger partial charge < -0.3 is 14.7 Å². The maximum absolute atomic E-state index is 13.1. The van der Waals surface area contributed by atoms with Crippen molar-refractivity contribution < 1.29 is 19.4 Å². The van der Waals surface area contributed by atoms with Crippen LogP contribution in [-0.4, -0.2) is 33.8 Å². The zero-order valence-electron chi connectivity index (χ0n) is 16.7. The zero-order chi connectivity index (χ0) is 22.0. The van der Waals surface area contributed by atoms with Crippen molar-refractivity contribution in [3.8, 4) is 5.75 Å². The van der Waals surface area contributed by atoms with Crippen LogP contribution in [0.4, 0.5) is 0 Å². The van der Waals surface area contributed by atoms with Gasteiger partial charge in [0, 0.05) is 24.0 Å². The number of likely N-dealkylation sites (tertiary alicyclic amines) is 1. The lowest BCUT2D eigenvalue weighted by molar-refractivity contribution is -0.140. The number of hydrogen-bond donors (Lipinski definition) is 1. The largest absolute Gasteiger partial charge is 0.507 e. The van der Waals surface area contributed by atoms with Gasteiger partial charge in [-0.1, -0.05) is 41.9 Å². The van der Waals surface area contributed by atoms with Crippen molar-refractivity contribution in [2.75, 3.05) is 7.11 Å². The van der Waals surface area contributed by atoms with Crippen molar-refractivity contribution in [3.05, 3.63) is 100 Å². The number of rotatable bonds is 5. The van der Waals surface area contributed by atoms with Crippen molar-refractivity contribution in [2.45, 2.75) is 12.6 Å². The molecule has 2 heterocycles. The van der Waals surface area contributed by atoms with Gasteiger partial charge in [-0.15, -0.1) is 0 Å². The molecule has 1 fully saturated rings. The van der Waals surface area contributed by atoms with Gasteiger partial charge in [-0.25, -0.2) is 0 Å². The van der Waals surface area contributed by atoms with Gasteiger partial charge in [0.2, 0.25) is 0 Å². The van der Waals surface area contributed by atoms with Crippen LogP contribution in [0.25, 0.3) is 5.76 Å². The highest BCUT2D eigenvalue weighted by molar-refractivity contribution is 6.46. The van der Waals surface area contributed by atoms with Gasteiger partial charge in [-0.05, 0) is 41.5 Å². The lowest BCUT2D eigenvalue weighted by atomic mass is 9.95. The summed E-state index contributed by atoms with van der Waals surface area (Å²) in [5.41, 5.74) is 1.69. The van der Waals surface area contributed by atoms with E-state index >= 15 is 0 Å². The van der Waals surface area contributed by atoms with Crippen molar-refractivity contribution in [1.29, 1.82) is 0 Å². The third-order valence-corrected chi connectivity index (χ3v) is 5.38. The fourth-order valence-electron chi connectivity index (χ4n) is 3.74. The van der Waals surface area contributed by atoms with Crippen LogP contribution in [0.1, 0.15) is 22.7 Å². The molecule has 0 bridgehead atoms. The maximum Gasteiger partial charge on any atom is 0.295 e. The van der Waals surface area contributed by atoms with Crippen LogP contribution < -0.4 is 4.74 Å². The molecular weight excluding hydrogens is 416 g/mol. The molecule has 0 radical (unpaired) electrons. The number of aliphatic hydroxyl groups excluding tert-OH is 1. The van der Waals surface area contributed by atoms with Crippen LogP contribution in [0, 0.1) is 0 Å². The summed E-state index contributed by atoms with van der Waals surface area (Å²) in [5, 5.41) is 11.6. The molecule has 31 heavy (non-hydrogen) atoms. The minimum Gasteiger partial charge on any atom is -0.507 e. The predicted molar refractivity (Wildman–Crippen MR) is 117 cm³/mol. The average molecular weight is 435 g/mol. The van der Waals surface area contributed by atoms with E-state index < -0.39 is 17.7 Å². The number of Topliss-reactive ketones (excluding diaryl/α,β-unsaturated/α-hetero) is 1. The van der Waals surface area contributed by atoms with Crippen LogP contribution in [0.5, 0.6) is 5.75 Å². The molecule has 1 aromatic heterocycles. The standard InChI is InChI=1S/C24H19ClN2O4/c1-31-19-10-3-2-9-18(19)22(28)20-21(16-7-4-8-17(25)12-16)27(24(30)23(20)29)14-15-6-5-11-26-13-15/h2-13,21,28H,14H2,1H3/b22-20+. The number of carbonyl (C=O) groups excluding carboxylic acids is 2. The van der Waals surface area contributed by atoms with Gasteiger partial charge in [0.15, 0.2) is 0 Å². The molecule has 7 heteroatoms. The Bertz CT molecular complexity index is 1180. The first-order valence-corrected chi connectivity index (χ1v) is 9.95. The molecule has 3 aromatic rings. The van der Waals surface area contributed by atoms with Crippen molar-refractivity contribution >= 4 is 29.1 Å². The molecule has 1 unspecified atom stereocenters. The number of ether oxygens (including phenoxy) is 1. The number of hydrogen-bond acceptors (Lipinski definition) is 5. The number of aromatic nitrogens is 1. The fourth-order valence-corrected chi connectivity index (χ4v) is 3.94. The van der Waals surface area contributed by atoms with Gasteiger partial charge >= 0.3 is 0 Å². The number of aliphatic hydroxyl groups is 1. The van der Waals surface area contributed by atoms with E-state index in [4.69, 9.17) is 16.3 Å². The molecule has 1 aliphatic rings. The summed E-state index contributed by atoms with van der Waals surface area (Å²) in [4.78, 5) is 31.6. The van der Waals surface area contributed by atoms with E-state index in [-0.39, 0.29) is 17.9 Å². The van der Waals surface area contributed by atoms with E-state index in [0.717, 1.165) is 5.56 Å². The first-order valence-electron chi connectivity index (χ1n) is 9.57. The molecule has 1 atom stereocenters. The number of amides is 1. The SMILES string of the molecule is COc1ccccc1/C(O)=C1\C(=O)C(=O)N(Cc2cccnc2)C1c1cccc(Cl)c1. The molecule has 0 aliphatic carbocycles. The Morgan fingerprint density at radius 2 is 1.94 bits per heavy atom. The lowest BCUT2D eigenvalue weighted by Crippen LogP contribution is -2.29. The highest BCUT2D eigenvalue weighted by Crippen LogP contribution is 2.42. The fraction of sp³-hybridized carbons (Fsp3) is 0.125. The number of carbonyl (C=O) groups is 2. The molecule has 0 saturated carbocycles. The third kappa shape index (κ3) is 3.90. The summed E-state index contributed by atoms with van der Waals surface area (Å²) in [6, 6.07) is 16.5. The minimum atomic E-state index is -0.816. The molecule has 156 valence electrons. The summed E-state index contributed by atoms with van der Waals surface area (Å²) >= 11 is 6.20. The molecule has 2 aromatic carbocycles. The summed E-state index contributed by atoms with van der Waals surface area (Å²) in [6.45, 7) is 0.151. The molecule has 6 nitrogen and oxygen atoms in total. The van der Waals surface area contributed by atoms with Crippen molar-refractivity contribution in [2.24, 2.45) is 0 Å². The van der Waals surface area contributed by atoms with Gasteiger partial charge in [-0.2, -0.15) is 0 Å². The van der Waals surface area contributed by atoms with E-state index in [1.54, 1.807) is 67.0 Å². The number of para-hydroxylation sites is 1. The van der Waals surface area contributed by atoms with E-state index in [1.165, 1.54) is 12.0 Å². The summed E-state index contributed by atoms with van der Waals surface area (Å²) in [6.07, 6.45) is 3.27. The summed E-state index contributed by atoms with van der Waals surface area (Å²) < 4.78 is 5.34. The van der Waals surface area contributed by atoms with Crippen LogP contribution >= 0.6 is 11.6 Å². The number of halogens is 1. The van der Waals surface area contributed by atoms with Crippen LogP contribution in [0.15, 0.2) is 78.6 Å². The highest BCUT2D eigenvalue weighted by atomic mass is 35.5. The van der Waals surface area contributed by atoms with Crippen LogP contribution in [-0.2, 0) is 16.1 Å². The Kier molecular flexibility index (Phi) is 5.73. The molecule has 1 saturated heterocycles. The van der Waals surface area contributed by atoms with E-state index in [1.807, 2.05) is 6.07 Å². The second-order valence-corrected chi connectivity index (χ2v) is 7.48. The second kappa shape index (κ2) is 8.62. The summed E-state index contributed by atoms with van der Waals surface area (Å²) in [5.74, 6) is -1.37. The maximum atomic E-state index is 13.1. The number of benzene rings is 2. The minimum absolute atomic E-state index is 0.0133. The zero-order valence-corrected chi connectivity index (χ0v) is 17.4. The Hall–Kier alpha value is -3.64. The quantitative estimate of drug-likeness (QED) is 0.366. The van der Waals surface area contributed by atoms with Gasteiger partial charge in [0.25, 0.3) is 11.7 Å². The Balaban J connectivity index is 1.90. The smallest absolute Gasteiger partial charge is 0.295 e. The number of nitrogens with zero attached hydrogens (tertiary/aromatic N) is 2. The first-order chi connectivity index (χ1) is 15.0. The first kappa shape index (κ1) is 20.6. The molecule has 1 amide bonds. The monoisotopic (exact) mass is 434 g/mol. The Labute approximate surface area is 184 Å². The average Bonchev–Trinajstić information content (AvgIpc) is 3.04. The van der Waals surface area contributed by atoms with Crippen LogP contribution in [0.2, 0.25) is 5.02 Å². The molecule has 4 rings (SSSR count). The number of methoxy groups -OCH3 is 1. The van der Waals surface area contributed by atoms with E-state index in [0.29, 0.717) is 21.9 Å². The van der Waals surface area contributed by atoms with Crippen molar-refractivity contribution in [1.82, 2.24) is 9.88 Å². The number of ketones is 1. The van der Waals surface area contributed by atoms with E-state index in [9.17, 15) is 14.7 Å². The molecule has 1 N–H and O–H groups in total. The molecule has 1 aliphatic heterocycles. The van der Waals surface area contributed by atoms with Gasteiger partial charge in [0.1, 0.15) is 11.5 Å². The topological polar surface area (TPSA) is 79.7 Å². The third-order valence-electron chi connectivity index (χ3n) is 5.14. The normalized spacial score (nSPS) is 17.7. The Morgan fingerprint density at radius 3 is 2.65 bits per heavy atom. The van der Waals surface area contributed by atoms with Gasteiger partial charge in [0.05, 0.1) is 24.3 Å². The van der Waals surface area contributed by atoms with E-state index in [2.05, 4.69) is 4.98 Å². The molecule has 0 spiro atoms. The van der Waals surface area contributed by atoms with Crippen molar-refractivity contribution in [3.63, 3.8) is 0 Å². The van der Waals surface area contributed by atoms with Gasteiger partial charge in [-0.3, -0.25) is 14.6 Å². The van der Waals surface area contributed by atoms with Crippen LogP contribution in [0.3, 0.4) is 0 Å². The Morgan fingerprint density at radius 1 is 1.13 bits per heavy atom. The second-order valence-electron chi connectivity index (χ2n) is 7.04. The lowest BCUT2D eigenvalue weighted by Gasteiger charge is -2.25. The number of pyridine rings is 1.